The summed E-state index contributed by atoms with van der Waals surface area (Å²) in [6, 6.07) is 0.380. The molecule has 1 aliphatic rings. The summed E-state index contributed by atoms with van der Waals surface area (Å²) in [6.45, 7) is 8.89. The molecule has 0 aromatic carbocycles. The minimum atomic E-state index is 0.380. The van der Waals surface area contributed by atoms with E-state index in [2.05, 4.69) is 25.3 Å². The van der Waals surface area contributed by atoms with E-state index in [-0.39, 0.29) is 0 Å². The Morgan fingerprint density at radius 1 is 1.55 bits per heavy atom. The second-order valence-electron chi connectivity index (χ2n) is 3.32. The second-order valence-corrected chi connectivity index (χ2v) is 4.73. The lowest BCUT2D eigenvalue weighted by molar-refractivity contribution is 0.484. The number of hydrogen-bond acceptors (Lipinski definition) is 2. The molecule has 0 aromatic heterocycles. The zero-order valence-electron chi connectivity index (χ0n) is 8.06. The Hall–Kier alpha value is 0.137. The monoisotopic (exact) mass is 174 g/mol. The highest BCUT2D eigenvalue weighted by atomic mass is 28.2. The van der Waals surface area contributed by atoms with Gasteiger partial charge in [-0.1, -0.05) is 13.1 Å². The minimum Gasteiger partial charge on any atom is -0.328 e. The summed E-state index contributed by atoms with van der Waals surface area (Å²) >= 11 is 0. The van der Waals surface area contributed by atoms with Crippen molar-refractivity contribution in [1.29, 1.82) is 0 Å². The largest absolute Gasteiger partial charge is 0.328 e. The van der Waals surface area contributed by atoms with Gasteiger partial charge in [-0.05, 0) is 32.4 Å². The van der Waals surface area contributed by atoms with E-state index in [0.717, 1.165) is 19.0 Å². The molecule has 1 rings (SSSR count). The predicted molar refractivity (Wildman–Crippen MR) is 54.9 cm³/mol. The van der Waals surface area contributed by atoms with Crippen LogP contribution in [0.15, 0.2) is 0 Å². The quantitative estimate of drug-likeness (QED) is 0.557. The van der Waals surface area contributed by atoms with Gasteiger partial charge < -0.3 is 11.1 Å². The van der Waals surface area contributed by atoms with E-state index in [1.807, 2.05) is 0 Å². The van der Waals surface area contributed by atoms with Crippen LogP contribution in [-0.2, 0) is 0 Å². The maximum absolute atomic E-state index is 5.66. The molecule has 3 N–H and O–H groups in total. The minimum absolute atomic E-state index is 0.380. The summed E-state index contributed by atoms with van der Waals surface area (Å²) in [5, 5.41) is 3.27. The van der Waals surface area contributed by atoms with Gasteiger partial charge in [0.2, 0.25) is 0 Å². The normalized spacial score (nSPS) is 25.6. The van der Waals surface area contributed by atoms with Crippen molar-refractivity contribution >= 4 is 9.52 Å². The standard InChI is InChI=1S/C6H14N2.C2H8Si/c1-5(7)6-2-3-8-4-6;1-3-2/h5-6,8H,2-4,7H2,1H3;3H2,1-2H3. The van der Waals surface area contributed by atoms with Gasteiger partial charge in [-0.3, -0.25) is 0 Å². The summed E-state index contributed by atoms with van der Waals surface area (Å²) in [4.78, 5) is 0. The molecule has 68 valence electrons. The lowest BCUT2D eigenvalue weighted by Crippen LogP contribution is -2.27. The Bertz CT molecular complexity index is 80.2. The Morgan fingerprint density at radius 2 is 2.09 bits per heavy atom. The van der Waals surface area contributed by atoms with Crippen LogP contribution in [0.4, 0.5) is 0 Å². The van der Waals surface area contributed by atoms with Crippen molar-refractivity contribution in [3.05, 3.63) is 0 Å². The summed E-state index contributed by atoms with van der Waals surface area (Å²) < 4.78 is 0. The smallest absolute Gasteiger partial charge is 0.0135 e. The summed E-state index contributed by atoms with van der Waals surface area (Å²) in [5.41, 5.74) is 5.66. The van der Waals surface area contributed by atoms with E-state index >= 15 is 0 Å². The van der Waals surface area contributed by atoms with E-state index in [9.17, 15) is 0 Å². The highest BCUT2D eigenvalue weighted by Gasteiger charge is 2.17. The van der Waals surface area contributed by atoms with Crippen LogP contribution in [0.25, 0.3) is 0 Å². The first-order valence-electron chi connectivity index (χ1n) is 4.68. The molecule has 1 fully saturated rings. The van der Waals surface area contributed by atoms with Crippen molar-refractivity contribution in [1.82, 2.24) is 5.32 Å². The predicted octanol–water partition coefficient (Wildman–Crippen LogP) is 0.195. The number of rotatable bonds is 1. The van der Waals surface area contributed by atoms with Gasteiger partial charge in [0.25, 0.3) is 0 Å². The zero-order chi connectivity index (χ0) is 8.69. The fraction of sp³-hybridized carbons (Fsp3) is 1.00. The third-order valence-electron chi connectivity index (χ3n) is 1.84. The summed E-state index contributed by atoms with van der Waals surface area (Å²) in [5.74, 6) is 0.731. The van der Waals surface area contributed by atoms with Crippen LogP contribution in [0.1, 0.15) is 13.3 Å². The van der Waals surface area contributed by atoms with E-state index in [1.54, 1.807) is 0 Å². The first kappa shape index (κ1) is 11.1. The zero-order valence-corrected chi connectivity index (χ0v) is 9.47. The maximum atomic E-state index is 5.66. The lowest BCUT2D eigenvalue weighted by atomic mass is 10.0. The van der Waals surface area contributed by atoms with Gasteiger partial charge in [0, 0.05) is 15.6 Å². The summed E-state index contributed by atoms with van der Waals surface area (Å²) in [6.07, 6.45) is 1.26. The molecule has 0 aliphatic carbocycles. The third kappa shape index (κ3) is 5.41. The van der Waals surface area contributed by atoms with Crippen LogP contribution in [0.3, 0.4) is 0 Å². The molecule has 2 atom stereocenters. The molecule has 0 spiro atoms. The van der Waals surface area contributed by atoms with Crippen molar-refractivity contribution in [2.24, 2.45) is 11.7 Å². The Balaban J connectivity index is 0.000000292. The maximum Gasteiger partial charge on any atom is 0.0135 e. The SMILES string of the molecule is CC(N)C1CCNC1.C[SiH2]C. The van der Waals surface area contributed by atoms with Gasteiger partial charge in [0.05, 0.1) is 0 Å². The van der Waals surface area contributed by atoms with Crippen LogP contribution in [0.5, 0.6) is 0 Å². The average molecular weight is 174 g/mol. The number of nitrogens with two attached hydrogens (primary N) is 1. The van der Waals surface area contributed by atoms with Gasteiger partial charge >= 0.3 is 0 Å². The van der Waals surface area contributed by atoms with Gasteiger partial charge in [0.1, 0.15) is 0 Å². The van der Waals surface area contributed by atoms with Gasteiger partial charge in [-0.25, -0.2) is 0 Å². The molecule has 2 unspecified atom stereocenters. The van der Waals surface area contributed by atoms with E-state index in [0.29, 0.717) is 15.6 Å². The van der Waals surface area contributed by atoms with Crippen molar-refractivity contribution < 1.29 is 0 Å². The first-order valence-corrected chi connectivity index (χ1v) is 7.51. The van der Waals surface area contributed by atoms with E-state index in [1.165, 1.54) is 6.42 Å². The van der Waals surface area contributed by atoms with Gasteiger partial charge in [-0.15, -0.1) is 0 Å². The molecule has 0 aromatic rings. The molecule has 3 heteroatoms. The van der Waals surface area contributed by atoms with Crippen molar-refractivity contribution in [3.63, 3.8) is 0 Å². The van der Waals surface area contributed by atoms with Crippen molar-refractivity contribution in [2.45, 2.75) is 32.5 Å². The molecule has 0 bridgehead atoms. The Labute approximate surface area is 72.8 Å². The molecule has 2 nitrogen and oxygen atoms in total. The highest BCUT2D eigenvalue weighted by Crippen LogP contribution is 2.09. The molecule has 1 heterocycles. The van der Waals surface area contributed by atoms with Crippen molar-refractivity contribution in [2.75, 3.05) is 13.1 Å². The van der Waals surface area contributed by atoms with Gasteiger partial charge in [0.15, 0.2) is 0 Å². The molecule has 1 aliphatic heterocycles. The van der Waals surface area contributed by atoms with Crippen molar-refractivity contribution in [3.8, 4) is 0 Å². The average Bonchev–Trinajstić information content (AvgIpc) is 2.38. The number of nitrogens with one attached hydrogen (secondary N) is 1. The molecule has 0 saturated carbocycles. The molecule has 1 saturated heterocycles. The van der Waals surface area contributed by atoms with Gasteiger partial charge in [-0.2, -0.15) is 0 Å². The highest BCUT2D eigenvalue weighted by molar-refractivity contribution is 6.31. The lowest BCUT2D eigenvalue weighted by Gasteiger charge is -2.10. The summed E-state index contributed by atoms with van der Waals surface area (Å²) in [7, 11) is 0.417. The first-order chi connectivity index (χ1) is 5.22. The Morgan fingerprint density at radius 3 is 2.27 bits per heavy atom. The molecule has 0 radical (unpaired) electrons. The van der Waals surface area contributed by atoms with Crippen LogP contribution in [0.2, 0.25) is 13.1 Å². The molecular weight excluding hydrogens is 152 g/mol. The third-order valence-corrected chi connectivity index (χ3v) is 1.84. The Kier molecular flexibility index (Phi) is 6.91. The van der Waals surface area contributed by atoms with Crippen LogP contribution in [-0.4, -0.2) is 28.7 Å². The van der Waals surface area contributed by atoms with E-state index < -0.39 is 0 Å². The molecular formula is C8H22N2Si. The fourth-order valence-corrected chi connectivity index (χ4v) is 1.13. The molecule has 0 amide bonds. The van der Waals surface area contributed by atoms with Crippen LogP contribution < -0.4 is 11.1 Å². The van der Waals surface area contributed by atoms with Crippen LogP contribution >= 0.6 is 0 Å². The topological polar surface area (TPSA) is 38.0 Å². The van der Waals surface area contributed by atoms with E-state index in [4.69, 9.17) is 5.73 Å². The second kappa shape index (κ2) is 6.82. The number of hydrogen-bond donors (Lipinski definition) is 2. The molecule has 11 heavy (non-hydrogen) atoms. The van der Waals surface area contributed by atoms with Crippen LogP contribution in [0, 0.1) is 5.92 Å². The fourth-order valence-electron chi connectivity index (χ4n) is 1.13.